The molecule has 1 aliphatic heterocycles. The Bertz CT molecular complexity index is 672. The van der Waals surface area contributed by atoms with Crippen LogP contribution >= 0.6 is 24.0 Å². The molecule has 28 heavy (non-hydrogen) atoms. The number of hydrogen-bond acceptors (Lipinski definition) is 3. The van der Waals surface area contributed by atoms with Gasteiger partial charge in [0.1, 0.15) is 0 Å². The fraction of sp³-hybridized carbons (Fsp3) is 0.750. The SMILES string of the molecule is CN=C(NCCC(=O)N1CCCC(C)C1)NC(C)Cc1c(C)nn(C)c1C.I. The van der Waals surface area contributed by atoms with E-state index < -0.39 is 0 Å². The molecule has 1 aliphatic rings. The molecule has 2 rings (SSSR count). The number of rotatable bonds is 6. The lowest BCUT2D eigenvalue weighted by Crippen LogP contribution is -2.45. The first-order chi connectivity index (χ1) is 12.8. The van der Waals surface area contributed by atoms with E-state index in [-0.39, 0.29) is 35.9 Å². The highest BCUT2D eigenvalue weighted by Crippen LogP contribution is 2.16. The quantitative estimate of drug-likeness (QED) is 0.355. The molecule has 0 aromatic carbocycles. The molecule has 0 saturated carbocycles. The summed E-state index contributed by atoms with van der Waals surface area (Å²) in [7, 11) is 3.74. The highest BCUT2D eigenvalue weighted by atomic mass is 127. The second kappa shape index (κ2) is 11.6. The first kappa shape index (κ1) is 24.7. The molecule has 160 valence electrons. The smallest absolute Gasteiger partial charge is 0.224 e. The van der Waals surface area contributed by atoms with Crippen molar-refractivity contribution in [1.29, 1.82) is 0 Å². The number of guanidine groups is 1. The molecule has 8 heteroatoms. The average molecular weight is 504 g/mol. The van der Waals surface area contributed by atoms with E-state index >= 15 is 0 Å². The zero-order valence-electron chi connectivity index (χ0n) is 18.2. The van der Waals surface area contributed by atoms with Gasteiger partial charge in [-0.3, -0.25) is 14.5 Å². The van der Waals surface area contributed by atoms with Gasteiger partial charge in [-0.05, 0) is 51.5 Å². The standard InChI is InChI=1S/C20H36N6O.HI/c1-14-8-7-11-26(13-14)19(27)9-10-22-20(21-5)23-15(2)12-18-16(3)24-25(6)17(18)4;/h14-15H,7-13H2,1-6H3,(H2,21,22,23);1H. The zero-order valence-corrected chi connectivity index (χ0v) is 20.5. The number of aromatic nitrogens is 2. The van der Waals surface area contributed by atoms with Gasteiger partial charge in [0, 0.05) is 51.9 Å². The first-order valence-electron chi connectivity index (χ1n) is 10.1. The van der Waals surface area contributed by atoms with E-state index in [0.29, 0.717) is 18.9 Å². The summed E-state index contributed by atoms with van der Waals surface area (Å²) in [5.74, 6) is 1.59. The molecule has 0 aliphatic carbocycles. The number of piperidine rings is 1. The maximum absolute atomic E-state index is 12.4. The number of nitrogens with one attached hydrogen (secondary N) is 2. The fourth-order valence-corrected chi connectivity index (χ4v) is 3.76. The number of nitrogens with zero attached hydrogens (tertiary/aromatic N) is 4. The van der Waals surface area contributed by atoms with Crippen molar-refractivity contribution in [2.45, 2.75) is 59.4 Å². The van der Waals surface area contributed by atoms with Gasteiger partial charge in [0.15, 0.2) is 5.96 Å². The Balaban J connectivity index is 0.00000392. The van der Waals surface area contributed by atoms with Gasteiger partial charge in [0.25, 0.3) is 0 Å². The summed E-state index contributed by atoms with van der Waals surface area (Å²) in [5, 5.41) is 11.2. The summed E-state index contributed by atoms with van der Waals surface area (Å²) in [6, 6.07) is 0.219. The molecule has 1 fully saturated rings. The lowest BCUT2D eigenvalue weighted by atomic mass is 10.00. The summed E-state index contributed by atoms with van der Waals surface area (Å²) in [4.78, 5) is 18.7. The predicted molar refractivity (Wildman–Crippen MR) is 125 cm³/mol. The van der Waals surface area contributed by atoms with E-state index in [9.17, 15) is 4.79 Å². The molecule has 0 bridgehead atoms. The number of carbonyl (C=O) groups excluding carboxylic acids is 1. The van der Waals surface area contributed by atoms with Crippen molar-refractivity contribution >= 4 is 35.8 Å². The maximum Gasteiger partial charge on any atom is 0.224 e. The van der Waals surface area contributed by atoms with E-state index in [2.05, 4.69) is 48.4 Å². The summed E-state index contributed by atoms with van der Waals surface area (Å²) in [6.45, 7) is 10.9. The molecule has 1 aromatic heterocycles. The monoisotopic (exact) mass is 504 g/mol. The lowest BCUT2D eigenvalue weighted by molar-refractivity contribution is -0.132. The zero-order chi connectivity index (χ0) is 20.0. The van der Waals surface area contributed by atoms with Crippen molar-refractivity contribution in [2.75, 3.05) is 26.7 Å². The van der Waals surface area contributed by atoms with Crippen molar-refractivity contribution in [2.24, 2.45) is 18.0 Å². The predicted octanol–water partition coefficient (Wildman–Crippen LogP) is 2.40. The number of amides is 1. The van der Waals surface area contributed by atoms with Crippen LogP contribution in [0.25, 0.3) is 0 Å². The molecule has 7 nitrogen and oxygen atoms in total. The Morgan fingerprint density at radius 1 is 1.39 bits per heavy atom. The Labute approximate surface area is 186 Å². The van der Waals surface area contributed by atoms with Crippen LogP contribution in [0.1, 0.15) is 50.1 Å². The van der Waals surface area contributed by atoms with E-state index in [1.165, 1.54) is 17.7 Å². The van der Waals surface area contributed by atoms with E-state index in [1.807, 2.05) is 16.6 Å². The number of halogens is 1. The van der Waals surface area contributed by atoms with Gasteiger partial charge in [-0.25, -0.2) is 0 Å². The van der Waals surface area contributed by atoms with Crippen molar-refractivity contribution in [1.82, 2.24) is 25.3 Å². The third-order valence-electron chi connectivity index (χ3n) is 5.42. The van der Waals surface area contributed by atoms with E-state index in [0.717, 1.165) is 37.6 Å². The molecule has 0 radical (unpaired) electrons. The van der Waals surface area contributed by atoms with Crippen molar-refractivity contribution in [3.8, 4) is 0 Å². The van der Waals surface area contributed by atoms with Gasteiger partial charge in [-0.15, -0.1) is 24.0 Å². The minimum Gasteiger partial charge on any atom is -0.356 e. The molecule has 1 aromatic rings. The van der Waals surface area contributed by atoms with Gasteiger partial charge in [-0.2, -0.15) is 5.10 Å². The van der Waals surface area contributed by atoms with Crippen LogP contribution in [0.2, 0.25) is 0 Å². The second-order valence-electron chi connectivity index (χ2n) is 7.86. The molecular formula is C20H37IN6O. The molecule has 2 heterocycles. The first-order valence-corrected chi connectivity index (χ1v) is 10.1. The van der Waals surface area contributed by atoms with Gasteiger partial charge in [0.2, 0.25) is 5.91 Å². The fourth-order valence-electron chi connectivity index (χ4n) is 3.76. The third kappa shape index (κ3) is 6.93. The van der Waals surface area contributed by atoms with Gasteiger partial charge >= 0.3 is 0 Å². The molecule has 0 spiro atoms. The second-order valence-corrected chi connectivity index (χ2v) is 7.86. The van der Waals surface area contributed by atoms with Crippen LogP contribution in [0.5, 0.6) is 0 Å². The normalized spacial score (nSPS) is 18.4. The summed E-state index contributed by atoms with van der Waals surface area (Å²) in [5.41, 5.74) is 3.56. The maximum atomic E-state index is 12.4. The lowest BCUT2D eigenvalue weighted by Gasteiger charge is -2.31. The molecular weight excluding hydrogens is 467 g/mol. The highest BCUT2D eigenvalue weighted by molar-refractivity contribution is 14.0. The van der Waals surface area contributed by atoms with Crippen LogP contribution < -0.4 is 10.6 Å². The Morgan fingerprint density at radius 3 is 2.68 bits per heavy atom. The number of aryl methyl sites for hydroxylation is 2. The number of carbonyl (C=O) groups is 1. The molecule has 2 N–H and O–H groups in total. The van der Waals surface area contributed by atoms with Crippen LogP contribution in [0.15, 0.2) is 4.99 Å². The minimum atomic E-state index is 0. The van der Waals surface area contributed by atoms with Crippen molar-refractivity contribution in [3.05, 3.63) is 17.0 Å². The Morgan fingerprint density at radius 2 is 2.11 bits per heavy atom. The average Bonchev–Trinajstić information content (AvgIpc) is 2.86. The molecule has 2 atom stereocenters. The molecule has 1 saturated heterocycles. The molecule has 1 amide bonds. The van der Waals surface area contributed by atoms with Crippen LogP contribution in [0, 0.1) is 19.8 Å². The van der Waals surface area contributed by atoms with Gasteiger partial charge in [-0.1, -0.05) is 6.92 Å². The van der Waals surface area contributed by atoms with Crippen molar-refractivity contribution < 1.29 is 4.79 Å². The van der Waals surface area contributed by atoms with Crippen LogP contribution in [-0.4, -0.2) is 59.3 Å². The third-order valence-corrected chi connectivity index (χ3v) is 5.42. The molecule has 2 unspecified atom stereocenters. The largest absolute Gasteiger partial charge is 0.356 e. The minimum absolute atomic E-state index is 0. The summed E-state index contributed by atoms with van der Waals surface area (Å²) < 4.78 is 1.93. The topological polar surface area (TPSA) is 74.6 Å². The summed E-state index contributed by atoms with van der Waals surface area (Å²) in [6.07, 6.45) is 3.74. The van der Waals surface area contributed by atoms with Gasteiger partial charge < -0.3 is 15.5 Å². The van der Waals surface area contributed by atoms with E-state index in [1.54, 1.807) is 7.05 Å². The highest BCUT2D eigenvalue weighted by Gasteiger charge is 2.20. The number of aliphatic imine (C=N–C) groups is 1. The van der Waals surface area contributed by atoms with Crippen LogP contribution in [-0.2, 0) is 18.3 Å². The number of hydrogen-bond donors (Lipinski definition) is 2. The summed E-state index contributed by atoms with van der Waals surface area (Å²) >= 11 is 0. The number of likely N-dealkylation sites (tertiary alicyclic amines) is 1. The van der Waals surface area contributed by atoms with Crippen LogP contribution in [0.3, 0.4) is 0 Å². The van der Waals surface area contributed by atoms with Crippen LogP contribution in [0.4, 0.5) is 0 Å². The van der Waals surface area contributed by atoms with Gasteiger partial charge in [0.05, 0.1) is 5.69 Å². The van der Waals surface area contributed by atoms with Crippen molar-refractivity contribution in [3.63, 3.8) is 0 Å². The Kier molecular flexibility index (Phi) is 10.3. The van der Waals surface area contributed by atoms with E-state index in [4.69, 9.17) is 0 Å². The Hall–Kier alpha value is -1.32.